The van der Waals surface area contributed by atoms with Crippen molar-refractivity contribution >= 4 is 17.3 Å². The number of rotatable bonds is 5. The maximum atomic E-state index is 13.5. The zero-order valence-electron chi connectivity index (χ0n) is 14.0. The topological polar surface area (TPSA) is 55.8 Å². The highest BCUT2D eigenvalue weighted by molar-refractivity contribution is 5.90. The molecule has 5 nitrogen and oxygen atoms in total. The van der Waals surface area contributed by atoms with Crippen LogP contribution in [0.15, 0.2) is 48.5 Å². The van der Waals surface area contributed by atoms with Crippen molar-refractivity contribution in [1.29, 1.82) is 0 Å². The van der Waals surface area contributed by atoms with E-state index in [2.05, 4.69) is 15.1 Å². The fourth-order valence-corrected chi connectivity index (χ4v) is 2.98. The van der Waals surface area contributed by atoms with Crippen LogP contribution in [0.2, 0.25) is 0 Å². The highest BCUT2D eigenvalue weighted by atomic mass is 19.1. The van der Waals surface area contributed by atoms with E-state index in [1.165, 1.54) is 6.07 Å². The predicted octanol–water partition coefficient (Wildman–Crippen LogP) is 2.68. The zero-order chi connectivity index (χ0) is 17.6. The van der Waals surface area contributed by atoms with Gasteiger partial charge in [-0.3, -0.25) is 9.69 Å². The van der Waals surface area contributed by atoms with Crippen LogP contribution in [-0.4, -0.2) is 48.6 Å². The number of nitrogens with one attached hydrogen (secondary N) is 1. The Kier molecular flexibility index (Phi) is 5.50. The number of benzene rings is 2. The van der Waals surface area contributed by atoms with Gasteiger partial charge in [0.15, 0.2) is 0 Å². The molecule has 0 saturated carbocycles. The molecule has 0 atom stereocenters. The van der Waals surface area contributed by atoms with E-state index in [-0.39, 0.29) is 11.6 Å². The lowest BCUT2D eigenvalue weighted by Crippen LogP contribution is -2.47. The average molecular weight is 343 g/mol. The van der Waals surface area contributed by atoms with Gasteiger partial charge in [-0.1, -0.05) is 24.3 Å². The highest BCUT2D eigenvalue weighted by Gasteiger charge is 2.19. The van der Waals surface area contributed by atoms with Gasteiger partial charge in [0.2, 0.25) is 5.91 Å². The van der Waals surface area contributed by atoms with Gasteiger partial charge in [0.05, 0.1) is 11.4 Å². The molecule has 1 heterocycles. The van der Waals surface area contributed by atoms with Crippen LogP contribution in [0.1, 0.15) is 6.42 Å². The molecule has 0 spiro atoms. The molecule has 0 aliphatic carbocycles. The van der Waals surface area contributed by atoms with E-state index in [0.717, 1.165) is 31.9 Å². The number of aromatic hydroxyl groups is 1. The Labute approximate surface area is 146 Å². The van der Waals surface area contributed by atoms with Crippen LogP contribution in [0.5, 0.6) is 5.75 Å². The van der Waals surface area contributed by atoms with Crippen molar-refractivity contribution in [3.05, 3.63) is 54.3 Å². The Morgan fingerprint density at radius 3 is 2.44 bits per heavy atom. The van der Waals surface area contributed by atoms with Crippen molar-refractivity contribution in [2.45, 2.75) is 6.42 Å². The third kappa shape index (κ3) is 4.48. The van der Waals surface area contributed by atoms with E-state index in [0.29, 0.717) is 18.7 Å². The number of halogens is 1. The normalized spacial score (nSPS) is 15.2. The van der Waals surface area contributed by atoms with Crippen LogP contribution in [0.3, 0.4) is 0 Å². The summed E-state index contributed by atoms with van der Waals surface area (Å²) in [4.78, 5) is 16.3. The van der Waals surface area contributed by atoms with Gasteiger partial charge in [-0.05, 0) is 24.3 Å². The number of phenolic OH excluding ortho intramolecular Hbond substituents is 1. The van der Waals surface area contributed by atoms with Crippen LogP contribution in [0.25, 0.3) is 0 Å². The van der Waals surface area contributed by atoms with Crippen molar-refractivity contribution < 1.29 is 14.3 Å². The summed E-state index contributed by atoms with van der Waals surface area (Å²) in [6, 6.07) is 13.5. The molecule has 2 aromatic carbocycles. The maximum Gasteiger partial charge on any atom is 0.225 e. The lowest BCUT2D eigenvalue weighted by Gasteiger charge is -2.36. The van der Waals surface area contributed by atoms with Gasteiger partial charge in [-0.25, -0.2) is 4.39 Å². The van der Waals surface area contributed by atoms with Gasteiger partial charge in [-0.2, -0.15) is 0 Å². The summed E-state index contributed by atoms with van der Waals surface area (Å²) in [7, 11) is 0. The van der Waals surface area contributed by atoms with Crippen molar-refractivity contribution in [2.24, 2.45) is 0 Å². The Bertz CT molecular complexity index is 730. The van der Waals surface area contributed by atoms with Crippen molar-refractivity contribution in [2.75, 3.05) is 42.9 Å². The zero-order valence-corrected chi connectivity index (χ0v) is 14.0. The summed E-state index contributed by atoms with van der Waals surface area (Å²) in [6.07, 6.45) is 0.324. The van der Waals surface area contributed by atoms with Crippen LogP contribution in [0.4, 0.5) is 15.8 Å². The van der Waals surface area contributed by atoms with E-state index in [4.69, 9.17) is 0 Å². The van der Waals surface area contributed by atoms with Crippen LogP contribution < -0.4 is 10.2 Å². The molecule has 1 fully saturated rings. The first-order chi connectivity index (χ1) is 12.1. The molecule has 3 rings (SSSR count). The molecule has 2 aromatic rings. The van der Waals surface area contributed by atoms with Crippen molar-refractivity contribution in [3.8, 4) is 5.75 Å². The molecule has 132 valence electrons. The summed E-state index contributed by atoms with van der Waals surface area (Å²) in [6.45, 7) is 3.87. The van der Waals surface area contributed by atoms with Gasteiger partial charge >= 0.3 is 0 Å². The molecule has 1 aliphatic heterocycles. The molecule has 1 aliphatic rings. The lowest BCUT2D eigenvalue weighted by atomic mass is 10.2. The number of piperazine rings is 1. The second-order valence-corrected chi connectivity index (χ2v) is 6.10. The van der Waals surface area contributed by atoms with Crippen molar-refractivity contribution in [1.82, 2.24) is 4.90 Å². The van der Waals surface area contributed by atoms with Gasteiger partial charge < -0.3 is 15.3 Å². The minimum absolute atomic E-state index is 0.187. The second-order valence-electron chi connectivity index (χ2n) is 6.10. The molecular formula is C19H22FN3O2. The molecule has 0 aromatic heterocycles. The van der Waals surface area contributed by atoms with Gasteiger partial charge in [-0.15, -0.1) is 0 Å². The first kappa shape index (κ1) is 17.2. The molecule has 0 unspecified atom stereocenters. The summed E-state index contributed by atoms with van der Waals surface area (Å²) in [5.41, 5.74) is 1.07. The third-order valence-electron chi connectivity index (χ3n) is 4.40. The number of hydrogen-bond acceptors (Lipinski definition) is 4. The largest absolute Gasteiger partial charge is 0.506 e. The maximum absolute atomic E-state index is 13.5. The average Bonchev–Trinajstić information content (AvgIpc) is 2.63. The fraction of sp³-hybridized carbons (Fsp3) is 0.316. The third-order valence-corrected chi connectivity index (χ3v) is 4.40. The Morgan fingerprint density at radius 2 is 1.72 bits per heavy atom. The molecule has 0 radical (unpaired) electrons. The van der Waals surface area contributed by atoms with Crippen LogP contribution in [0, 0.1) is 5.82 Å². The van der Waals surface area contributed by atoms with E-state index < -0.39 is 5.82 Å². The lowest BCUT2D eigenvalue weighted by molar-refractivity contribution is -0.116. The number of nitrogens with zero attached hydrogens (tertiary/aromatic N) is 2. The summed E-state index contributed by atoms with van der Waals surface area (Å²) in [5.74, 6) is -0.319. The number of para-hydroxylation sites is 3. The molecule has 1 amide bonds. The number of hydrogen-bond donors (Lipinski definition) is 2. The summed E-state index contributed by atoms with van der Waals surface area (Å²) >= 11 is 0. The fourth-order valence-electron chi connectivity index (χ4n) is 2.98. The second kappa shape index (κ2) is 7.98. The highest BCUT2D eigenvalue weighted by Crippen LogP contribution is 2.27. The Hall–Kier alpha value is -2.60. The number of amides is 1. The number of carbonyl (C=O) groups is 1. The van der Waals surface area contributed by atoms with E-state index in [1.807, 2.05) is 18.2 Å². The minimum Gasteiger partial charge on any atom is -0.506 e. The van der Waals surface area contributed by atoms with Gasteiger partial charge in [0, 0.05) is 39.1 Å². The summed E-state index contributed by atoms with van der Waals surface area (Å²) < 4.78 is 13.5. The smallest absolute Gasteiger partial charge is 0.225 e. The first-order valence-electron chi connectivity index (χ1n) is 8.43. The van der Waals surface area contributed by atoms with Crippen molar-refractivity contribution in [3.63, 3.8) is 0 Å². The molecule has 1 saturated heterocycles. The Balaban J connectivity index is 1.44. The van der Waals surface area contributed by atoms with E-state index >= 15 is 0 Å². The standard InChI is InChI=1S/C19H22FN3O2/c20-15-5-1-2-6-16(15)21-19(25)9-10-22-11-13-23(14-12-22)17-7-3-4-8-18(17)24/h1-8,24H,9-14H2,(H,21,25). The first-order valence-corrected chi connectivity index (χ1v) is 8.43. The number of anilines is 2. The molecule has 6 heteroatoms. The molecule has 2 N–H and O–H groups in total. The molecule has 0 bridgehead atoms. The van der Waals surface area contributed by atoms with Crippen LogP contribution in [-0.2, 0) is 4.79 Å². The van der Waals surface area contributed by atoms with E-state index in [1.54, 1.807) is 24.3 Å². The minimum atomic E-state index is -0.424. The molecular weight excluding hydrogens is 321 g/mol. The number of carbonyl (C=O) groups excluding carboxylic acids is 1. The SMILES string of the molecule is O=C(CCN1CCN(c2ccccc2O)CC1)Nc1ccccc1F. The van der Waals surface area contributed by atoms with Gasteiger partial charge in [0.1, 0.15) is 11.6 Å². The monoisotopic (exact) mass is 343 g/mol. The predicted molar refractivity (Wildman–Crippen MR) is 96.4 cm³/mol. The van der Waals surface area contributed by atoms with Gasteiger partial charge in [0.25, 0.3) is 0 Å². The van der Waals surface area contributed by atoms with Crippen LogP contribution >= 0.6 is 0 Å². The quantitative estimate of drug-likeness (QED) is 0.876. The Morgan fingerprint density at radius 1 is 1.04 bits per heavy atom. The van der Waals surface area contributed by atoms with E-state index in [9.17, 15) is 14.3 Å². The molecule has 25 heavy (non-hydrogen) atoms. The summed E-state index contributed by atoms with van der Waals surface area (Å²) in [5, 5.41) is 12.5. The number of phenols is 1.